The summed E-state index contributed by atoms with van der Waals surface area (Å²) in [6, 6.07) is 10.4. The molecule has 0 spiro atoms. The Morgan fingerprint density at radius 1 is 1.07 bits per heavy atom. The molecule has 0 unspecified atom stereocenters. The highest BCUT2D eigenvalue weighted by Crippen LogP contribution is 2.15. The molecule has 0 bridgehead atoms. The number of guanidine groups is 1. The summed E-state index contributed by atoms with van der Waals surface area (Å²) in [4.78, 5) is 7.99. The van der Waals surface area contributed by atoms with Gasteiger partial charge in [0.1, 0.15) is 12.4 Å². The van der Waals surface area contributed by atoms with E-state index < -0.39 is 0 Å². The first-order valence-electron chi connectivity index (χ1n) is 9.57. The molecule has 0 aliphatic carbocycles. The predicted octanol–water partition coefficient (Wildman–Crippen LogP) is 3.64. The topological polar surface area (TPSA) is 48.9 Å². The van der Waals surface area contributed by atoms with Crippen LogP contribution in [0.15, 0.2) is 40.7 Å². The zero-order valence-corrected chi connectivity index (χ0v) is 17.7. The third-order valence-corrected chi connectivity index (χ3v) is 5.59. The lowest BCUT2D eigenvalue weighted by molar-refractivity contribution is 0.223. The van der Waals surface area contributed by atoms with E-state index in [2.05, 4.69) is 64.9 Å². The second-order valence-corrected chi connectivity index (χ2v) is 7.33. The van der Waals surface area contributed by atoms with Crippen LogP contribution >= 0.6 is 11.3 Å². The maximum atomic E-state index is 5.84. The minimum absolute atomic E-state index is 0.720. The molecule has 6 heteroatoms. The number of nitrogens with zero attached hydrogens (tertiary/aromatic N) is 2. The van der Waals surface area contributed by atoms with E-state index in [9.17, 15) is 0 Å². The summed E-state index contributed by atoms with van der Waals surface area (Å²) in [6.07, 6.45) is 0. The van der Waals surface area contributed by atoms with E-state index in [0.29, 0.717) is 0 Å². The zero-order valence-electron chi connectivity index (χ0n) is 16.9. The third kappa shape index (κ3) is 7.23. The Hall–Kier alpha value is -2.05. The van der Waals surface area contributed by atoms with Crippen molar-refractivity contribution in [1.82, 2.24) is 15.5 Å². The lowest BCUT2D eigenvalue weighted by Gasteiger charge is -2.18. The maximum absolute atomic E-state index is 5.84. The molecule has 0 amide bonds. The predicted molar refractivity (Wildman–Crippen MR) is 116 cm³/mol. The Bertz CT molecular complexity index is 692. The second kappa shape index (κ2) is 11.6. The Balaban J connectivity index is 1.74. The summed E-state index contributed by atoms with van der Waals surface area (Å²) in [5.41, 5.74) is 2.51. The number of likely N-dealkylation sites (N-methyl/N-ethyl adjacent to an activating group) is 1. The molecule has 0 aliphatic rings. The summed E-state index contributed by atoms with van der Waals surface area (Å²) < 4.78 is 5.84. The quantitative estimate of drug-likeness (QED) is 0.482. The average molecular weight is 389 g/mol. The fourth-order valence-corrected chi connectivity index (χ4v) is 3.54. The summed E-state index contributed by atoms with van der Waals surface area (Å²) in [5, 5.41) is 8.84. The summed E-state index contributed by atoms with van der Waals surface area (Å²) >= 11 is 1.77. The molecular formula is C21H32N4OS. The summed E-state index contributed by atoms with van der Waals surface area (Å²) in [7, 11) is 1.80. The monoisotopic (exact) mass is 388 g/mol. The van der Waals surface area contributed by atoms with E-state index in [4.69, 9.17) is 4.74 Å². The number of hydrogen-bond acceptors (Lipinski definition) is 4. The Morgan fingerprint density at radius 3 is 2.37 bits per heavy atom. The molecule has 0 radical (unpaired) electrons. The number of thiophene rings is 1. The molecule has 27 heavy (non-hydrogen) atoms. The fraction of sp³-hybridized carbons (Fsp3) is 0.476. The van der Waals surface area contributed by atoms with Crippen LogP contribution in [0.5, 0.6) is 5.75 Å². The van der Waals surface area contributed by atoms with Crippen LogP contribution < -0.4 is 15.4 Å². The van der Waals surface area contributed by atoms with Crippen molar-refractivity contribution in [1.29, 1.82) is 0 Å². The van der Waals surface area contributed by atoms with Crippen LogP contribution in [-0.4, -0.2) is 44.1 Å². The molecule has 0 aliphatic heterocycles. The molecule has 148 valence electrons. The molecule has 0 fully saturated rings. The van der Waals surface area contributed by atoms with Gasteiger partial charge in [0.25, 0.3) is 0 Å². The lowest BCUT2D eigenvalue weighted by Crippen LogP contribution is -2.36. The van der Waals surface area contributed by atoms with E-state index >= 15 is 0 Å². The summed E-state index contributed by atoms with van der Waals surface area (Å²) in [5.74, 6) is 1.73. The molecule has 2 rings (SSSR count). The van der Waals surface area contributed by atoms with E-state index in [0.717, 1.165) is 51.0 Å². The van der Waals surface area contributed by atoms with Crippen molar-refractivity contribution >= 4 is 17.3 Å². The smallest absolute Gasteiger partial charge is 0.191 e. The third-order valence-electron chi connectivity index (χ3n) is 4.56. The number of hydrogen-bond donors (Lipinski definition) is 2. The van der Waals surface area contributed by atoms with Crippen LogP contribution in [0.1, 0.15) is 29.9 Å². The number of rotatable bonds is 10. The van der Waals surface area contributed by atoms with Crippen LogP contribution in [0, 0.1) is 6.92 Å². The van der Waals surface area contributed by atoms with E-state index in [1.165, 1.54) is 16.0 Å². The Kier molecular flexibility index (Phi) is 9.15. The van der Waals surface area contributed by atoms with Gasteiger partial charge in [-0.3, -0.25) is 4.99 Å². The number of nitrogens with one attached hydrogen (secondary N) is 2. The van der Waals surface area contributed by atoms with Crippen molar-refractivity contribution in [2.24, 2.45) is 4.99 Å². The van der Waals surface area contributed by atoms with Gasteiger partial charge in [0.05, 0.1) is 6.54 Å². The van der Waals surface area contributed by atoms with Gasteiger partial charge < -0.3 is 20.3 Å². The first-order chi connectivity index (χ1) is 13.2. The summed E-state index contributed by atoms with van der Waals surface area (Å²) in [6.45, 7) is 11.8. The van der Waals surface area contributed by atoms with Gasteiger partial charge in [-0.05, 0) is 54.7 Å². The first kappa shape index (κ1) is 21.3. The van der Waals surface area contributed by atoms with Gasteiger partial charge in [0.2, 0.25) is 0 Å². The van der Waals surface area contributed by atoms with Crippen LogP contribution in [-0.2, 0) is 13.1 Å². The van der Waals surface area contributed by atoms with Crippen LogP contribution in [0.4, 0.5) is 0 Å². The lowest BCUT2D eigenvalue weighted by atomic mass is 10.2. The standard InChI is InChI=1S/C21H32N4OS/c1-5-25(6-2)12-13-26-19-9-7-18(8-10-19)15-23-21(22-4)24-16-20-17(3)11-14-27-20/h7-11,14H,5-6,12-13,15-16H2,1-4H3,(H2,22,23,24). The molecule has 0 atom stereocenters. The van der Waals surface area contributed by atoms with Gasteiger partial charge in [-0.25, -0.2) is 0 Å². The molecule has 1 heterocycles. The van der Waals surface area contributed by atoms with Crippen molar-refractivity contribution in [2.75, 3.05) is 33.3 Å². The molecule has 2 N–H and O–H groups in total. The van der Waals surface area contributed by atoms with E-state index in [1.807, 2.05) is 12.1 Å². The molecule has 2 aromatic rings. The fourth-order valence-electron chi connectivity index (χ4n) is 2.69. The zero-order chi connectivity index (χ0) is 19.5. The SMILES string of the molecule is CCN(CC)CCOc1ccc(CNC(=NC)NCc2sccc2C)cc1. The highest BCUT2D eigenvalue weighted by atomic mass is 32.1. The van der Waals surface area contributed by atoms with E-state index in [-0.39, 0.29) is 0 Å². The van der Waals surface area contributed by atoms with Gasteiger partial charge >= 0.3 is 0 Å². The number of aryl methyl sites for hydroxylation is 1. The van der Waals surface area contributed by atoms with E-state index in [1.54, 1.807) is 18.4 Å². The highest BCUT2D eigenvalue weighted by molar-refractivity contribution is 7.10. The molecule has 1 aromatic heterocycles. The van der Waals surface area contributed by atoms with Gasteiger partial charge in [0.15, 0.2) is 5.96 Å². The van der Waals surface area contributed by atoms with Gasteiger partial charge in [-0.15, -0.1) is 11.3 Å². The average Bonchev–Trinajstić information content (AvgIpc) is 3.11. The van der Waals surface area contributed by atoms with Crippen molar-refractivity contribution in [3.8, 4) is 5.75 Å². The number of ether oxygens (including phenoxy) is 1. The van der Waals surface area contributed by atoms with Gasteiger partial charge in [-0.1, -0.05) is 26.0 Å². The van der Waals surface area contributed by atoms with Crippen LogP contribution in [0.25, 0.3) is 0 Å². The Morgan fingerprint density at radius 2 is 1.78 bits per heavy atom. The normalized spacial score (nSPS) is 11.7. The largest absolute Gasteiger partial charge is 0.492 e. The molecule has 0 saturated heterocycles. The van der Waals surface area contributed by atoms with Crippen molar-refractivity contribution < 1.29 is 4.74 Å². The van der Waals surface area contributed by atoms with Crippen molar-refractivity contribution in [2.45, 2.75) is 33.9 Å². The number of aliphatic imine (C=N–C) groups is 1. The van der Waals surface area contributed by atoms with Gasteiger partial charge in [0, 0.05) is 25.0 Å². The molecular weight excluding hydrogens is 356 g/mol. The molecule has 0 saturated carbocycles. The minimum atomic E-state index is 0.720. The minimum Gasteiger partial charge on any atom is -0.492 e. The van der Waals surface area contributed by atoms with Gasteiger partial charge in [-0.2, -0.15) is 0 Å². The van der Waals surface area contributed by atoms with Crippen molar-refractivity contribution in [3.63, 3.8) is 0 Å². The Labute approximate surface area is 167 Å². The highest BCUT2D eigenvalue weighted by Gasteiger charge is 2.03. The second-order valence-electron chi connectivity index (χ2n) is 6.33. The van der Waals surface area contributed by atoms with Crippen LogP contribution in [0.2, 0.25) is 0 Å². The first-order valence-corrected chi connectivity index (χ1v) is 10.5. The van der Waals surface area contributed by atoms with Crippen LogP contribution in [0.3, 0.4) is 0 Å². The molecule has 1 aromatic carbocycles. The van der Waals surface area contributed by atoms with Crippen molar-refractivity contribution in [3.05, 3.63) is 51.7 Å². The number of benzene rings is 1. The maximum Gasteiger partial charge on any atom is 0.191 e. The molecule has 5 nitrogen and oxygen atoms in total.